The van der Waals surface area contributed by atoms with Crippen LogP contribution in [-0.4, -0.2) is 5.17 Å². The van der Waals surface area contributed by atoms with Crippen molar-refractivity contribution in [2.45, 2.75) is 51.0 Å². The third kappa shape index (κ3) is 2.31. The molecule has 20 heavy (non-hydrogen) atoms. The highest BCUT2D eigenvalue weighted by molar-refractivity contribution is 7.80. The summed E-state index contributed by atoms with van der Waals surface area (Å²) < 4.78 is 6.24. The predicted octanol–water partition coefficient (Wildman–Crippen LogP) is 5.25. The molecule has 2 aliphatic rings. The standard InChI is InChI=1S/C16H20ClNOS/c1-2-9-16(11-5-3-4-6-11)13-10-12(17)7-8-14(13)18-15(20)19-16/h7-8,10-11H,2-6,9H2,1H3,(H,18,20). The topological polar surface area (TPSA) is 21.3 Å². The van der Waals surface area contributed by atoms with Gasteiger partial charge in [-0.05, 0) is 49.7 Å². The third-order valence-corrected chi connectivity index (χ3v) is 5.01. The van der Waals surface area contributed by atoms with Gasteiger partial charge in [0.05, 0.1) is 0 Å². The molecule has 1 aliphatic heterocycles. The van der Waals surface area contributed by atoms with Gasteiger partial charge in [-0.25, -0.2) is 0 Å². The Morgan fingerprint density at radius 3 is 2.85 bits per heavy atom. The summed E-state index contributed by atoms with van der Waals surface area (Å²) in [6.45, 7) is 2.20. The van der Waals surface area contributed by atoms with Crippen LogP contribution in [-0.2, 0) is 10.3 Å². The second kappa shape index (κ2) is 5.53. The van der Waals surface area contributed by atoms with Crippen molar-refractivity contribution in [1.29, 1.82) is 0 Å². The molecular weight excluding hydrogens is 290 g/mol. The highest BCUT2D eigenvalue weighted by atomic mass is 35.5. The largest absolute Gasteiger partial charge is 0.459 e. The number of thiocarbonyl (C=S) groups is 1. The maximum Gasteiger partial charge on any atom is 0.262 e. The lowest BCUT2D eigenvalue weighted by Crippen LogP contribution is -2.44. The smallest absolute Gasteiger partial charge is 0.262 e. The van der Waals surface area contributed by atoms with E-state index in [1.54, 1.807) is 0 Å². The van der Waals surface area contributed by atoms with Gasteiger partial charge in [0.15, 0.2) is 0 Å². The van der Waals surface area contributed by atoms with Gasteiger partial charge in [-0.15, -0.1) is 0 Å². The van der Waals surface area contributed by atoms with Crippen LogP contribution in [0.1, 0.15) is 51.0 Å². The van der Waals surface area contributed by atoms with Gasteiger partial charge in [0, 0.05) is 22.2 Å². The lowest BCUT2D eigenvalue weighted by atomic mass is 9.75. The van der Waals surface area contributed by atoms with E-state index in [0.29, 0.717) is 11.1 Å². The Morgan fingerprint density at radius 2 is 2.15 bits per heavy atom. The summed E-state index contributed by atoms with van der Waals surface area (Å²) in [5.74, 6) is 0.541. The van der Waals surface area contributed by atoms with Gasteiger partial charge in [0.2, 0.25) is 0 Å². The Kier molecular flexibility index (Phi) is 3.91. The minimum Gasteiger partial charge on any atom is -0.459 e. The van der Waals surface area contributed by atoms with Crippen molar-refractivity contribution in [2.24, 2.45) is 5.92 Å². The van der Waals surface area contributed by atoms with E-state index in [1.165, 1.54) is 31.2 Å². The zero-order chi connectivity index (χ0) is 14.2. The maximum absolute atomic E-state index is 6.24. The van der Waals surface area contributed by atoms with E-state index in [2.05, 4.69) is 18.3 Å². The Bertz CT molecular complexity index is 527. The molecule has 0 aromatic heterocycles. The SMILES string of the molecule is CCCC1(C2CCCC2)OC(=S)Nc2ccc(Cl)cc21. The Labute approximate surface area is 130 Å². The molecule has 0 saturated heterocycles. The molecule has 1 saturated carbocycles. The first-order valence-electron chi connectivity index (χ1n) is 7.46. The number of anilines is 1. The van der Waals surface area contributed by atoms with E-state index in [9.17, 15) is 0 Å². The van der Waals surface area contributed by atoms with Crippen LogP contribution in [0.4, 0.5) is 5.69 Å². The van der Waals surface area contributed by atoms with Gasteiger partial charge in [0.1, 0.15) is 5.60 Å². The van der Waals surface area contributed by atoms with Gasteiger partial charge in [-0.2, -0.15) is 0 Å². The van der Waals surface area contributed by atoms with Gasteiger partial charge in [-0.3, -0.25) is 0 Å². The number of nitrogens with one attached hydrogen (secondary N) is 1. The lowest BCUT2D eigenvalue weighted by Gasteiger charge is -2.44. The normalized spacial score (nSPS) is 26.0. The van der Waals surface area contributed by atoms with Crippen LogP contribution in [0.15, 0.2) is 18.2 Å². The summed E-state index contributed by atoms with van der Waals surface area (Å²) in [4.78, 5) is 0. The van der Waals surface area contributed by atoms with Gasteiger partial charge in [0.25, 0.3) is 5.17 Å². The molecule has 1 fully saturated rings. The molecule has 3 rings (SSSR count). The fourth-order valence-corrected chi connectivity index (χ4v) is 4.22. The van der Waals surface area contributed by atoms with Crippen LogP contribution in [0.2, 0.25) is 5.02 Å². The molecule has 1 aliphatic carbocycles. The van der Waals surface area contributed by atoms with Crippen LogP contribution in [0.3, 0.4) is 0 Å². The molecule has 1 heterocycles. The zero-order valence-corrected chi connectivity index (χ0v) is 13.3. The zero-order valence-electron chi connectivity index (χ0n) is 11.7. The summed E-state index contributed by atoms with van der Waals surface area (Å²) in [5, 5.41) is 4.44. The van der Waals surface area contributed by atoms with E-state index >= 15 is 0 Å². The molecule has 4 heteroatoms. The van der Waals surface area contributed by atoms with Crippen molar-refractivity contribution < 1.29 is 4.74 Å². The Morgan fingerprint density at radius 1 is 1.40 bits per heavy atom. The number of benzene rings is 1. The summed E-state index contributed by atoms with van der Waals surface area (Å²) in [6.07, 6.45) is 7.08. The molecule has 1 aromatic rings. The van der Waals surface area contributed by atoms with E-state index in [-0.39, 0.29) is 5.60 Å². The predicted molar refractivity (Wildman–Crippen MR) is 87.3 cm³/mol. The van der Waals surface area contributed by atoms with Gasteiger partial charge < -0.3 is 10.1 Å². The molecule has 0 amide bonds. The van der Waals surface area contributed by atoms with Gasteiger partial charge >= 0.3 is 0 Å². The molecule has 0 spiro atoms. The highest BCUT2D eigenvalue weighted by Crippen LogP contribution is 2.50. The van der Waals surface area contributed by atoms with Crippen LogP contribution in [0, 0.1) is 5.92 Å². The molecule has 108 valence electrons. The summed E-state index contributed by atoms with van der Waals surface area (Å²) in [6, 6.07) is 5.98. The molecule has 1 N–H and O–H groups in total. The molecular formula is C16H20ClNOS. The van der Waals surface area contributed by atoms with Crippen molar-refractivity contribution in [3.8, 4) is 0 Å². The van der Waals surface area contributed by atoms with E-state index < -0.39 is 0 Å². The van der Waals surface area contributed by atoms with Crippen LogP contribution in [0.25, 0.3) is 0 Å². The Balaban J connectivity index is 2.12. The van der Waals surface area contributed by atoms with E-state index in [1.807, 2.05) is 12.1 Å². The molecule has 1 atom stereocenters. The van der Waals surface area contributed by atoms with Crippen LogP contribution < -0.4 is 5.32 Å². The van der Waals surface area contributed by atoms with Crippen LogP contribution in [0.5, 0.6) is 0 Å². The monoisotopic (exact) mass is 309 g/mol. The second-order valence-electron chi connectivity index (χ2n) is 5.83. The Hall–Kier alpha value is -0.800. The first-order chi connectivity index (χ1) is 9.65. The minimum atomic E-state index is -0.284. The van der Waals surface area contributed by atoms with Gasteiger partial charge in [-0.1, -0.05) is 37.8 Å². The number of rotatable bonds is 3. The summed E-state index contributed by atoms with van der Waals surface area (Å²) in [5.41, 5.74) is 1.96. The van der Waals surface area contributed by atoms with Crippen molar-refractivity contribution >= 4 is 34.7 Å². The van der Waals surface area contributed by atoms with Crippen LogP contribution >= 0.6 is 23.8 Å². The van der Waals surface area contributed by atoms with Crippen molar-refractivity contribution in [3.63, 3.8) is 0 Å². The van der Waals surface area contributed by atoms with Crippen molar-refractivity contribution in [3.05, 3.63) is 28.8 Å². The summed E-state index contributed by atoms with van der Waals surface area (Å²) >= 11 is 11.6. The van der Waals surface area contributed by atoms with Crippen molar-refractivity contribution in [2.75, 3.05) is 5.32 Å². The fraction of sp³-hybridized carbons (Fsp3) is 0.562. The minimum absolute atomic E-state index is 0.284. The number of halogens is 1. The number of hydrogen-bond acceptors (Lipinski definition) is 2. The van der Waals surface area contributed by atoms with Crippen molar-refractivity contribution in [1.82, 2.24) is 0 Å². The molecule has 1 aromatic carbocycles. The number of fused-ring (bicyclic) bond motifs is 1. The average Bonchev–Trinajstić information content (AvgIpc) is 2.94. The molecule has 0 bridgehead atoms. The second-order valence-corrected chi connectivity index (χ2v) is 6.63. The third-order valence-electron chi connectivity index (χ3n) is 4.59. The van der Waals surface area contributed by atoms with E-state index in [0.717, 1.165) is 23.6 Å². The molecule has 1 unspecified atom stereocenters. The highest BCUT2D eigenvalue weighted by Gasteiger charge is 2.47. The fourth-order valence-electron chi connectivity index (χ4n) is 3.79. The average molecular weight is 310 g/mol. The first kappa shape index (κ1) is 14.2. The van der Waals surface area contributed by atoms with E-state index in [4.69, 9.17) is 28.6 Å². The summed E-state index contributed by atoms with van der Waals surface area (Å²) in [7, 11) is 0. The number of hydrogen-bond donors (Lipinski definition) is 1. The molecule has 2 nitrogen and oxygen atoms in total. The maximum atomic E-state index is 6.24. The molecule has 0 radical (unpaired) electrons. The quantitative estimate of drug-likeness (QED) is 0.770. The number of ether oxygens (including phenoxy) is 1. The lowest BCUT2D eigenvalue weighted by molar-refractivity contribution is -0.0160. The first-order valence-corrected chi connectivity index (χ1v) is 8.24.